The third-order valence-corrected chi connectivity index (χ3v) is 3.95. The van der Waals surface area contributed by atoms with Gasteiger partial charge in [0, 0.05) is 0 Å². The Bertz CT molecular complexity index is 390. The Morgan fingerprint density at radius 1 is 1.50 bits per heavy atom. The average molecular weight is 242 g/mol. The molecule has 1 aromatic carbocycles. The van der Waals surface area contributed by atoms with E-state index in [1.807, 2.05) is 0 Å². The summed E-state index contributed by atoms with van der Waals surface area (Å²) < 4.78 is 13.8. The highest BCUT2D eigenvalue weighted by molar-refractivity contribution is 6.30. The van der Waals surface area contributed by atoms with Gasteiger partial charge in [-0.05, 0) is 48.8 Å². The van der Waals surface area contributed by atoms with Crippen molar-refractivity contribution in [3.8, 4) is 0 Å². The van der Waals surface area contributed by atoms with E-state index in [9.17, 15) is 4.39 Å². The van der Waals surface area contributed by atoms with Gasteiger partial charge in [0.1, 0.15) is 5.82 Å². The Morgan fingerprint density at radius 3 is 2.75 bits per heavy atom. The number of rotatable bonds is 4. The molecule has 1 atom stereocenters. The first-order chi connectivity index (χ1) is 7.57. The van der Waals surface area contributed by atoms with Gasteiger partial charge in [-0.15, -0.1) is 0 Å². The molecule has 0 bridgehead atoms. The Kier molecular flexibility index (Phi) is 3.22. The molecule has 2 N–H and O–H groups in total. The van der Waals surface area contributed by atoms with Gasteiger partial charge in [0.15, 0.2) is 0 Å². The molecule has 0 saturated heterocycles. The van der Waals surface area contributed by atoms with Crippen molar-refractivity contribution in [3.63, 3.8) is 0 Å². The van der Waals surface area contributed by atoms with Crippen LogP contribution in [0.5, 0.6) is 0 Å². The minimum atomic E-state index is -0.288. The number of benzene rings is 1. The van der Waals surface area contributed by atoms with Crippen LogP contribution in [0.15, 0.2) is 18.2 Å². The third-order valence-electron chi connectivity index (χ3n) is 3.66. The van der Waals surface area contributed by atoms with E-state index in [0.29, 0.717) is 24.4 Å². The first kappa shape index (κ1) is 11.9. The highest BCUT2D eigenvalue weighted by Crippen LogP contribution is 2.47. The van der Waals surface area contributed by atoms with Crippen molar-refractivity contribution in [1.82, 2.24) is 0 Å². The lowest BCUT2D eigenvalue weighted by molar-refractivity contribution is 0.278. The molecule has 0 spiro atoms. The second-order valence-electron chi connectivity index (χ2n) is 5.02. The van der Waals surface area contributed by atoms with Crippen molar-refractivity contribution in [2.75, 3.05) is 6.54 Å². The normalized spacial score (nSPS) is 19.5. The van der Waals surface area contributed by atoms with Crippen LogP contribution in [-0.2, 0) is 6.42 Å². The quantitative estimate of drug-likeness (QED) is 0.859. The lowest BCUT2D eigenvalue weighted by Crippen LogP contribution is -2.32. The number of hydrogen-bond acceptors (Lipinski definition) is 1. The van der Waals surface area contributed by atoms with Crippen LogP contribution in [0.1, 0.15) is 25.3 Å². The smallest absolute Gasteiger partial charge is 0.144 e. The van der Waals surface area contributed by atoms with E-state index >= 15 is 0 Å². The number of nitrogens with two attached hydrogens (primary N) is 1. The summed E-state index contributed by atoms with van der Waals surface area (Å²) in [6.07, 6.45) is 3.12. The fourth-order valence-corrected chi connectivity index (χ4v) is 2.48. The minimum Gasteiger partial charge on any atom is -0.330 e. The first-order valence-electron chi connectivity index (χ1n) is 5.70. The van der Waals surface area contributed by atoms with Gasteiger partial charge in [0.25, 0.3) is 0 Å². The molecule has 0 heterocycles. The zero-order valence-electron chi connectivity index (χ0n) is 9.47. The second kappa shape index (κ2) is 4.34. The summed E-state index contributed by atoms with van der Waals surface area (Å²) in [6, 6.07) is 5.18. The van der Waals surface area contributed by atoms with E-state index in [2.05, 4.69) is 6.92 Å². The molecule has 0 aromatic heterocycles. The maximum atomic E-state index is 13.8. The highest BCUT2D eigenvalue weighted by atomic mass is 35.5. The van der Waals surface area contributed by atoms with Gasteiger partial charge in [0.05, 0.1) is 5.02 Å². The van der Waals surface area contributed by atoms with E-state index < -0.39 is 0 Å². The van der Waals surface area contributed by atoms with Gasteiger partial charge in [-0.2, -0.15) is 0 Å². The monoisotopic (exact) mass is 241 g/mol. The summed E-state index contributed by atoms with van der Waals surface area (Å²) >= 11 is 5.77. The molecule has 1 aliphatic carbocycles. The summed E-state index contributed by atoms with van der Waals surface area (Å²) in [7, 11) is 0. The standard InChI is InChI=1S/C13H17ClFN/c1-13(8-16,10-5-6-10)7-9-3-2-4-11(14)12(9)15/h2-4,10H,5-8,16H2,1H3. The van der Waals surface area contributed by atoms with Crippen LogP contribution in [0.3, 0.4) is 0 Å². The van der Waals surface area contributed by atoms with Crippen LogP contribution in [0.25, 0.3) is 0 Å². The fourth-order valence-electron chi connectivity index (χ4n) is 2.28. The Balaban J connectivity index is 2.22. The molecule has 1 nitrogen and oxygen atoms in total. The van der Waals surface area contributed by atoms with Gasteiger partial charge < -0.3 is 5.73 Å². The zero-order valence-corrected chi connectivity index (χ0v) is 10.2. The molecule has 0 amide bonds. The molecule has 1 unspecified atom stereocenters. The topological polar surface area (TPSA) is 26.0 Å². The molecule has 2 rings (SSSR count). The van der Waals surface area contributed by atoms with Gasteiger partial charge >= 0.3 is 0 Å². The van der Waals surface area contributed by atoms with Crippen molar-refractivity contribution < 1.29 is 4.39 Å². The Hall–Kier alpha value is -0.600. The second-order valence-corrected chi connectivity index (χ2v) is 5.43. The molecule has 16 heavy (non-hydrogen) atoms. The first-order valence-corrected chi connectivity index (χ1v) is 6.07. The minimum absolute atomic E-state index is 0.0194. The molecule has 1 aromatic rings. The number of hydrogen-bond donors (Lipinski definition) is 1. The summed E-state index contributed by atoms with van der Waals surface area (Å²) in [5.41, 5.74) is 6.54. The SMILES string of the molecule is CC(CN)(Cc1cccc(Cl)c1F)C1CC1. The van der Waals surface area contributed by atoms with Gasteiger partial charge in [-0.3, -0.25) is 0 Å². The van der Waals surface area contributed by atoms with E-state index in [1.165, 1.54) is 12.8 Å². The lowest BCUT2D eigenvalue weighted by atomic mass is 9.79. The summed E-state index contributed by atoms with van der Waals surface area (Å²) in [5, 5.41) is 0.202. The largest absolute Gasteiger partial charge is 0.330 e. The van der Waals surface area contributed by atoms with Crippen LogP contribution < -0.4 is 5.73 Å². The third kappa shape index (κ3) is 2.23. The molecule has 1 aliphatic rings. The van der Waals surface area contributed by atoms with Gasteiger partial charge in [0.2, 0.25) is 0 Å². The van der Waals surface area contributed by atoms with Crippen LogP contribution in [-0.4, -0.2) is 6.54 Å². The number of halogens is 2. The van der Waals surface area contributed by atoms with E-state index in [0.717, 1.165) is 0 Å². The van der Waals surface area contributed by atoms with Crippen molar-refractivity contribution in [1.29, 1.82) is 0 Å². The zero-order chi connectivity index (χ0) is 11.8. The molecular formula is C13H17ClFN. The Labute approximate surface area is 101 Å². The Morgan fingerprint density at radius 2 is 2.19 bits per heavy atom. The van der Waals surface area contributed by atoms with Gasteiger partial charge in [-0.1, -0.05) is 30.7 Å². The van der Waals surface area contributed by atoms with Crippen LogP contribution in [0.2, 0.25) is 5.02 Å². The van der Waals surface area contributed by atoms with Crippen LogP contribution >= 0.6 is 11.6 Å². The fraction of sp³-hybridized carbons (Fsp3) is 0.538. The predicted molar refractivity (Wildman–Crippen MR) is 65.0 cm³/mol. The summed E-state index contributed by atoms with van der Waals surface area (Å²) in [6.45, 7) is 2.74. The lowest BCUT2D eigenvalue weighted by Gasteiger charge is -2.28. The molecule has 0 radical (unpaired) electrons. The molecule has 88 valence electrons. The molecule has 1 saturated carbocycles. The molecular weight excluding hydrogens is 225 g/mol. The van der Waals surface area contributed by atoms with Crippen LogP contribution in [0.4, 0.5) is 4.39 Å². The van der Waals surface area contributed by atoms with Crippen molar-refractivity contribution in [2.45, 2.75) is 26.2 Å². The van der Waals surface area contributed by atoms with Crippen molar-refractivity contribution in [3.05, 3.63) is 34.6 Å². The van der Waals surface area contributed by atoms with E-state index in [1.54, 1.807) is 18.2 Å². The predicted octanol–water partition coefficient (Wildman–Crippen LogP) is 3.40. The maximum Gasteiger partial charge on any atom is 0.144 e. The van der Waals surface area contributed by atoms with E-state index in [4.69, 9.17) is 17.3 Å². The molecule has 0 aliphatic heterocycles. The van der Waals surface area contributed by atoms with Gasteiger partial charge in [-0.25, -0.2) is 4.39 Å². The van der Waals surface area contributed by atoms with Crippen molar-refractivity contribution in [2.24, 2.45) is 17.1 Å². The summed E-state index contributed by atoms with van der Waals surface area (Å²) in [4.78, 5) is 0. The molecule has 3 heteroatoms. The van der Waals surface area contributed by atoms with Crippen molar-refractivity contribution >= 4 is 11.6 Å². The van der Waals surface area contributed by atoms with E-state index in [-0.39, 0.29) is 16.3 Å². The molecule has 1 fully saturated rings. The maximum absolute atomic E-state index is 13.8. The highest BCUT2D eigenvalue weighted by Gasteiger charge is 2.40. The van der Waals surface area contributed by atoms with Crippen LogP contribution in [0, 0.1) is 17.2 Å². The summed E-state index contributed by atoms with van der Waals surface area (Å²) in [5.74, 6) is 0.361. The average Bonchev–Trinajstić information content (AvgIpc) is 3.08.